The summed E-state index contributed by atoms with van der Waals surface area (Å²) in [5.41, 5.74) is 3.42. The summed E-state index contributed by atoms with van der Waals surface area (Å²) in [5.74, 6) is 0.667. The van der Waals surface area contributed by atoms with Crippen LogP contribution in [0.2, 0.25) is 0 Å². The van der Waals surface area contributed by atoms with Crippen LogP contribution in [0.4, 0.5) is 5.69 Å². The summed E-state index contributed by atoms with van der Waals surface area (Å²) in [6.07, 6.45) is 3.62. The van der Waals surface area contributed by atoms with Crippen LogP contribution in [0, 0.1) is 0 Å². The number of fused-ring (bicyclic) bond motifs is 1. The number of sulfonamides is 1. The monoisotopic (exact) mass is 400 g/mol. The van der Waals surface area contributed by atoms with Crippen molar-refractivity contribution in [3.63, 3.8) is 0 Å². The molecule has 1 N–H and O–H groups in total. The molecule has 2 aliphatic rings. The first-order valence-electron chi connectivity index (χ1n) is 9.52. The molecule has 4 rings (SSSR count). The van der Waals surface area contributed by atoms with Gasteiger partial charge in [0.05, 0.1) is 11.9 Å². The van der Waals surface area contributed by atoms with Crippen LogP contribution in [0.1, 0.15) is 40.2 Å². The van der Waals surface area contributed by atoms with E-state index in [1.807, 2.05) is 23.1 Å². The van der Waals surface area contributed by atoms with Gasteiger partial charge in [-0.05, 0) is 66.6 Å². The predicted octanol–water partition coefficient (Wildman–Crippen LogP) is 2.73. The van der Waals surface area contributed by atoms with E-state index in [0.717, 1.165) is 18.4 Å². The number of hydrogen-bond donors (Lipinski definition) is 1. The van der Waals surface area contributed by atoms with Crippen molar-refractivity contribution in [2.24, 2.45) is 0 Å². The highest BCUT2D eigenvalue weighted by molar-refractivity contribution is 7.92. The molecular formula is C21H24N2O4S. The number of phenolic OH excluding ortho intramolecular Hbond substituents is 1. The lowest BCUT2D eigenvalue weighted by Gasteiger charge is -2.32. The molecule has 28 heavy (non-hydrogen) atoms. The van der Waals surface area contributed by atoms with Crippen molar-refractivity contribution in [1.29, 1.82) is 0 Å². The topological polar surface area (TPSA) is 77.9 Å². The van der Waals surface area contributed by atoms with Gasteiger partial charge in [-0.3, -0.25) is 9.10 Å². The summed E-state index contributed by atoms with van der Waals surface area (Å²) in [5, 5.41) is 9.43. The number of phenols is 1. The van der Waals surface area contributed by atoms with Crippen LogP contribution in [0.5, 0.6) is 5.75 Å². The van der Waals surface area contributed by atoms with Crippen LogP contribution in [0.3, 0.4) is 0 Å². The van der Waals surface area contributed by atoms with E-state index in [-0.39, 0.29) is 11.7 Å². The number of likely N-dealkylation sites (tertiary alicyclic amines) is 1. The second-order valence-electron chi connectivity index (χ2n) is 7.59. The summed E-state index contributed by atoms with van der Waals surface area (Å²) in [4.78, 5) is 14.8. The number of piperidine rings is 1. The molecule has 1 amide bonds. The number of carbonyl (C=O) groups is 1. The van der Waals surface area contributed by atoms with Gasteiger partial charge in [0, 0.05) is 25.2 Å². The zero-order chi connectivity index (χ0) is 19.9. The maximum Gasteiger partial charge on any atom is 0.253 e. The second-order valence-corrected chi connectivity index (χ2v) is 9.49. The molecule has 1 saturated heterocycles. The molecule has 6 nitrogen and oxygen atoms in total. The number of hydrogen-bond acceptors (Lipinski definition) is 4. The van der Waals surface area contributed by atoms with Gasteiger partial charge in [0.2, 0.25) is 10.0 Å². The molecule has 148 valence electrons. The van der Waals surface area contributed by atoms with Gasteiger partial charge < -0.3 is 10.0 Å². The fourth-order valence-corrected chi connectivity index (χ4v) is 5.15. The van der Waals surface area contributed by atoms with Gasteiger partial charge in [-0.15, -0.1) is 0 Å². The number of anilines is 1. The van der Waals surface area contributed by atoms with Crippen LogP contribution < -0.4 is 4.31 Å². The molecule has 2 heterocycles. The van der Waals surface area contributed by atoms with Crippen molar-refractivity contribution in [2.75, 3.05) is 30.2 Å². The van der Waals surface area contributed by atoms with E-state index in [1.54, 1.807) is 24.3 Å². The minimum absolute atomic E-state index is 0.00441. The Morgan fingerprint density at radius 3 is 2.36 bits per heavy atom. The molecule has 0 radical (unpaired) electrons. The maximum absolute atomic E-state index is 12.9. The zero-order valence-electron chi connectivity index (χ0n) is 15.8. The summed E-state index contributed by atoms with van der Waals surface area (Å²) in [6.45, 7) is 1.82. The smallest absolute Gasteiger partial charge is 0.253 e. The molecule has 0 atom stereocenters. The maximum atomic E-state index is 12.9. The Morgan fingerprint density at radius 2 is 1.71 bits per heavy atom. The van der Waals surface area contributed by atoms with Gasteiger partial charge in [0.25, 0.3) is 5.91 Å². The minimum atomic E-state index is -3.28. The fourth-order valence-electron chi connectivity index (χ4n) is 4.19. The molecule has 0 aliphatic carbocycles. The van der Waals surface area contributed by atoms with E-state index in [4.69, 9.17) is 0 Å². The number of carbonyl (C=O) groups excluding carboxylic acids is 1. The third kappa shape index (κ3) is 3.58. The Hall–Kier alpha value is -2.54. The average Bonchev–Trinajstić information content (AvgIpc) is 3.12. The van der Waals surface area contributed by atoms with Gasteiger partial charge in [-0.2, -0.15) is 0 Å². The van der Waals surface area contributed by atoms with Gasteiger partial charge in [0.1, 0.15) is 5.75 Å². The highest BCUT2D eigenvalue weighted by Gasteiger charge is 2.29. The van der Waals surface area contributed by atoms with E-state index >= 15 is 0 Å². The van der Waals surface area contributed by atoms with Crippen molar-refractivity contribution < 1.29 is 18.3 Å². The van der Waals surface area contributed by atoms with E-state index in [2.05, 4.69) is 0 Å². The molecule has 0 spiro atoms. The number of aromatic hydroxyl groups is 1. The average molecular weight is 401 g/mol. The Morgan fingerprint density at radius 1 is 1.04 bits per heavy atom. The van der Waals surface area contributed by atoms with E-state index in [0.29, 0.717) is 43.2 Å². The normalized spacial score (nSPS) is 17.6. The Kier molecular flexibility index (Phi) is 4.79. The van der Waals surface area contributed by atoms with Crippen molar-refractivity contribution in [2.45, 2.75) is 25.2 Å². The standard InChI is InChI=1S/C21H24N2O4S/c1-28(26,27)23-13-10-17-14-18(4-7-20(17)23)21(25)22-11-8-16(9-12-22)15-2-5-19(24)6-3-15/h2-7,14,16,24H,8-13H2,1H3. The molecule has 1 fully saturated rings. The number of rotatable bonds is 3. The van der Waals surface area contributed by atoms with Gasteiger partial charge in [-0.1, -0.05) is 12.1 Å². The summed E-state index contributed by atoms with van der Waals surface area (Å²) < 4.78 is 25.1. The molecule has 2 aliphatic heterocycles. The Balaban J connectivity index is 1.44. The quantitative estimate of drug-likeness (QED) is 0.859. The number of amides is 1. The van der Waals surface area contributed by atoms with Crippen molar-refractivity contribution in [3.05, 3.63) is 59.2 Å². The van der Waals surface area contributed by atoms with Crippen molar-refractivity contribution in [3.8, 4) is 5.75 Å². The largest absolute Gasteiger partial charge is 0.508 e. The SMILES string of the molecule is CS(=O)(=O)N1CCc2cc(C(=O)N3CCC(c4ccc(O)cc4)CC3)ccc21. The molecule has 0 saturated carbocycles. The molecule has 2 aromatic carbocycles. The highest BCUT2D eigenvalue weighted by Crippen LogP contribution is 2.32. The zero-order valence-corrected chi connectivity index (χ0v) is 16.7. The molecule has 0 bridgehead atoms. The van der Waals surface area contributed by atoms with E-state index in [9.17, 15) is 18.3 Å². The first kappa shape index (κ1) is 18.8. The molecular weight excluding hydrogens is 376 g/mol. The van der Waals surface area contributed by atoms with Crippen LogP contribution >= 0.6 is 0 Å². The highest BCUT2D eigenvalue weighted by atomic mass is 32.2. The lowest BCUT2D eigenvalue weighted by atomic mass is 9.89. The van der Waals surface area contributed by atoms with Crippen LogP contribution in [0.15, 0.2) is 42.5 Å². The van der Waals surface area contributed by atoms with Crippen LogP contribution in [-0.4, -0.2) is 50.2 Å². The van der Waals surface area contributed by atoms with Gasteiger partial charge in [-0.25, -0.2) is 8.42 Å². The van der Waals surface area contributed by atoms with Gasteiger partial charge >= 0.3 is 0 Å². The molecule has 0 aromatic heterocycles. The fraction of sp³-hybridized carbons (Fsp3) is 0.381. The second kappa shape index (κ2) is 7.13. The Labute approximate surface area is 165 Å². The van der Waals surface area contributed by atoms with E-state index < -0.39 is 10.0 Å². The first-order valence-corrected chi connectivity index (χ1v) is 11.4. The summed E-state index contributed by atoms with van der Waals surface area (Å²) in [7, 11) is -3.28. The Bertz CT molecular complexity index is 994. The summed E-state index contributed by atoms with van der Waals surface area (Å²) in [6, 6.07) is 12.6. The number of benzene rings is 2. The molecule has 0 unspecified atom stereocenters. The molecule has 7 heteroatoms. The van der Waals surface area contributed by atoms with Gasteiger partial charge in [0.15, 0.2) is 0 Å². The lowest BCUT2D eigenvalue weighted by molar-refractivity contribution is 0.0713. The predicted molar refractivity (Wildman–Crippen MR) is 108 cm³/mol. The molecule has 2 aromatic rings. The third-order valence-electron chi connectivity index (χ3n) is 5.73. The lowest BCUT2D eigenvalue weighted by Crippen LogP contribution is -2.38. The summed E-state index contributed by atoms with van der Waals surface area (Å²) >= 11 is 0. The van der Waals surface area contributed by atoms with Crippen LogP contribution in [-0.2, 0) is 16.4 Å². The third-order valence-corrected chi connectivity index (χ3v) is 6.91. The number of nitrogens with zero attached hydrogens (tertiary/aromatic N) is 2. The van der Waals surface area contributed by atoms with Crippen molar-refractivity contribution in [1.82, 2.24) is 4.90 Å². The first-order chi connectivity index (χ1) is 13.3. The minimum Gasteiger partial charge on any atom is -0.508 e. The van der Waals surface area contributed by atoms with Crippen LogP contribution in [0.25, 0.3) is 0 Å². The van der Waals surface area contributed by atoms with Crippen molar-refractivity contribution >= 4 is 21.6 Å². The van der Waals surface area contributed by atoms with E-state index in [1.165, 1.54) is 16.1 Å².